The van der Waals surface area contributed by atoms with E-state index in [1.165, 1.54) is 6.07 Å². The number of anilines is 1. The highest BCUT2D eigenvalue weighted by molar-refractivity contribution is 7.92. The van der Waals surface area contributed by atoms with Gasteiger partial charge in [0.15, 0.2) is 21.4 Å². The Morgan fingerprint density at radius 3 is 2.62 bits per heavy atom. The molecule has 1 aliphatic carbocycles. The van der Waals surface area contributed by atoms with Gasteiger partial charge in [0, 0.05) is 36.0 Å². The minimum Gasteiger partial charge on any atom is -0.487 e. The second-order valence-electron chi connectivity index (χ2n) is 9.83. The predicted octanol–water partition coefficient (Wildman–Crippen LogP) is 4.40. The maximum absolute atomic E-state index is 14.1. The molecule has 9 nitrogen and oxygen atoms in total. The summed E-state index contributed by atoms with van der Waals surface area (Å²) in [6.45, 7) is 2.79. The lowest BCUT2D eigenvalue weighted by Gasteiger charge is -2.29. The second kappa shape index (κ2) is 9.44. The zero-order valence-electron chi connectivity index (χ0n) is 20.5. The molecule has 194 valence electrons. The van der Waals surface area contributed by atoms with Crippen molar-refractivity contribution in [3.05, 3.63) is 54.7 Å². The molecule has 0 radical (unpaired) electrons. The topological polar surface area (TPSA) is 104 Å². The van der Waals surface area contributed by atoms with E-state index in [0.717, 1.165) is 60.2 Å². The van der Waals surface area contributed by atoms with Crippen LogP contribution >= 0.6 is 0 Å². The number of benzene rings is 1. The molecule has 6 rings (SSSR count). The molecule has 0 spiro atoms. The van der Waals surface area contributed by atoms with Gasteiger partial charge in [0.25, 0.3) is 0 Å². The third-order valence-electron chi connectivity index (χ3n) is 7.21. The first-order valence-electron chi connectivity index (χ1n) is 12.7. The van der Waals surface area contributed by atoms with Crippen molar-refractivity contribution in [2.45, 2.75) is 50.8 Å². The Hall–Kier alpha value is -3.47. The highest BCUT2D eigenvalue weighted by atomic mass is 32.2. The van der Waals surface area contributed by atoms with Crippen molar-refractivity contribution in [1.29, 1.82) is 0 Å². The lowest BCUT2D eigenvalue weighted by atomic mass is 9.93. The molecule has 3 aromatic heterocycles. The van der Waals surface area contributed by atoms with E-state index in [4.69, 9.17) is 9.84 Å². The predicted molar refractivity (Wildman–Crippen MR) is 139 cm³/mol. The Labute approximate surface area is 214 Å². The van der Waals surface area contributed by atoms with Crippen molar-refractivity contribution in [3.63, 3.8) is 0 Å². The van der Waals surface area contributed by atoms with E-state index in [9.17, 15) is 12.8 Å². The molecule has 0 amide bonds. The maximum Gasteiger partial charge on any atom is 0.165 e. The molecule has 1 aliphatic heterocycles. The maximum atomic E-state index is 14.1. The Balaban J connectivity index is 1.27. The van der Waals surface area contributed by atoms with Gasteiger partial charge < -0.3 is 10.1 Å². The van der Waals surface area contributed by atoms with Gasteiger partial charge in [-0.1, -0.05) is 12.1 Å². The van der Waals surface area contributed by atoms with E-state index in [0.29, 0.717) is 5.75 Å². The number of hydrogen-bond acceptors (Lipinski definition) is 7. The Morgan fingerprint density at radius 1 is 1.11 bits per heavy atom. The summed E-state index contributed by atoms with van der Waals surface area (Å²) in [5.74, 6) is 0.991. The smallest absolute Gasteiger partial charge is 0.165 e. The monoisotopic (exact) mass is 524 g/mol. The van der Waals surface area contributed by atoms with E-state index in [-0.39, 0.29) is 35.5 Å². The van der Waals surface area contributed by atoms with E-state index >= 15 is 0 Å². The van der Waals surface area contributed by atoms with Gasteiger partial charge in [0.1, 0.15) is 11.5 Å². The number of aromatic nitrogens is 5. The summed E-state index contributed by atoms with van der Waals surface area (Å²) in [6.07, 6.45) is 8.73. The number of rotatable bonds is 7. The molecule has 0 bridgehead atoms. The van der Waals surface area contributed by atoms with Gasteiger partial charge in [-0.3, -0.25) is 9.36 Å². The molecule has 0 atom stereocenters. The zero-order valence-corrected chi connectivity index (χ0v) is 21.4. The van der Waals surface area contributed by atoms with E-state index in [1.54, 1.807) is 29.1 Å². The van der Waals surface area contributed by atoms with Crippen LogP contribution in [-0.4, -0.2) is 57.1 Å². The summed E-state index contributed by atoms with van der Waals surface area (Å²) in [6, 6.07) is 8.59. The first kappa shape index (κ1) is 23.9. The van der Waals surface area contributed by atoms with Gasteiger partial charge in [0.05, 0.1) is 41.4 Å². The number of halogens is 1. The van der Waals surface area contributed by atoms with Gasteiger partial charge in [-0.25, -0.2) is 17.8 Å². The SMILES string of the molecule is CCNc1cc2c(cn1)c(-c1cnn(C3CS(=O)(=O)C3)c1)nn2[C@H]1CC[C@@H](Oc2ccccc2F)CC1. The molecule has 1 saturated carbocycles. The number of pyridine rings is 1. The second-order valence-corrected chi connectivity index (χ2v) is 12.0. The number of hydrogen-bond donors (Lipinski definition) is 1. The van der Waals surface area contributed by atoms with Crippen molar-refractivity contribution >= 4 is 26.6 Å². The van der Waals surface area contributed by atoms with Crippen molar-refractivity contribution in [2.24, 2.45) is 0 Å². The van der Waals surface area contributed by atoms with Gasteiger partial charge in [0.2, 0.25) is 0 Å². The van der Waals surface area contributed by atoms with Crippen molar-refractivity contribution < 1.29 is 17.5 Å². The van der Waals surface area contributed by atoms with Crippen LogP contribution in [0.1, 0.15) is 44.7 Å². The van der Waals surface area contributed by atoms with E-state index in [1.807, 2.05) is 25.4 Å². The van der Waals surface area contributed by atoms with Crippen LogP contribution in [0.5, 0.6) is 5.75 Å². The minimum atomic E-state index is -2.95. The van der Waals surface area contributed by atoms with Gasteiger partial charge in [-0.05, 0) is 44.7 Å². The highest BCUT2D eigenvalue weighted by Gasteiger charge is 2.35. The molecular weight excluding hydrogens is 495 g/mol. The van der Waals surface area contributed by atoms with Crippen LogP contribution in [0.3, 0.4) is 0 Å². The number of nitrogens with one attached hydrogen (secondary N) is 1. The average Bonchev–Trinajstić information content (AvgIpc) is 3.50. The third-order valence-corrected chi connectivity index (χ3v) is 9.00. The van der Waals surface area contributed by atoms with E-state index < -0.39 is 9.84 Å². The third kappa shape index (κ3) is 4.68. The molecule has 4 aromatic rings. The number of sulfone groups is 1. The van der Waals surface area contributed by atoms with E-state index in [2.05, 4.69) is 20.1 Å². The van der Waals surface area contributed by atoms with Gasteiger partial charge in [-0.2, -0.15) is 10.2 Å². The number of para-hydroxylation sites is 1. The zero-order chi connectivity index (χ0) is 25.6. The lowest BCUT2D eigenvalue weighted by molar-refractivity contribution is 0.126. The lowest BCUT2D eigenvalue weighted by Crippen LogP contribution is -2.38. The Morgan fingerprint density at radius 2 is 1.89 bits per heavy atom. The van der Waals surface area contributed by atoms with Crippen LogP contribution in [-0.2, 0) is 9.84 Å². The van der Waals surface area contributed by atoms with Crippen LogP contribution in [0.2, 0.25) is 0 Å². The Bertz CT molecular complexity index is 1530. The van der Waals surface area contributed by atoms with Gasteiger partial charge >= 0.3 is 0 Å². The average molecular weight is 525 g/mol. The molecule has 1 saturated heterocycles. The van der Waals surface area contributed by atoms with Crippen molar-refractivity contribution in [3.8, 4) is 17.0 Å². The standard InChI is InChI=1S/C26H29FN6O3S/c1-2-28-25-11-23-21(13-29-25)26(17-12-30-32(14-17)19-15-37(34,35)16-19)31-33(23)18-7-9-20(10-8-18)36-24-6-4-3-5-22(24)27/h3-6,11-14,18-20H,2,7-10,15-16H2,1H3,(H,28,29)/t18-,20+. The summed E-state index contributed by atoms with van der Waals surface area (Å²) in [5, 5.41) is 13.7. The number of ether oxygens (including phenoxy) is 1. The summed E-state index contributed by atoms with van der Waals surface area (Å²) >= 11 is 0. The summed E-state index contributed by atoms with van der Waals surface area (Å²) in [7, 11) is -2.95. The normalized spacial score (nSPS) is 21.6. The first-order chi connectivity index (χ1) is 17.9. The summed E-state index contributed by atoms with van der Waals surface area (Å²) < 4.78 is 47.1. The summed E-state index contributed by atoms with van der Waals surface area (Å²) in [4.78, 5) is 4.57. The van der Waals surface area contributed by atoms with Crippen LogP contribution < -0.4 is 10.1 Å². The van der Waals surface area contributed by atoms with Crippen LogP contribution in [0.25, 0.3) is 22.2 Å². The molecule has 4 heterocycles. The van der Waals surface area contributed by atoms with Crippen LogP contribution in [0.4, 0.5) is 10.2 Å². The molecule has 37 heavy (non-hydrogen) atoms. The fourth-order valence-corrected chi connectivity index (χ4v) is 6.66. The number of fused-ring (bicyclic) bond motifs is 1. The minimum absolute atomic E-state index is 0.0366. The van der Waals surface area contributed by atoms with Crippen molar-refractivity contribution in [2.75, 3.05) is 23.4 Å². The van der Waals surface area contributed by atoms with Crippen LogP contribution in [0.15, 0.2) is 48.9 Å². The van der Waals surface area contributed by atoms with Gasteiger partial charge in [-0.15, -0.1) is 0 Å². The number of nitrogens with zero attached hydrogens (tertiary/aromatic N) is 5. The molecular formula is C26H29FN6O3S. The van der Waals surface area contributed by atoms with Crippen molar-refractivity contribution in [1.82, 2.24) is 24.5 Å². The molecule has 1 aromatic carbocycles. The first-order valence-corrected chi connectivity index (χ1v) is 14.5. The highest BCUT2D eigenvalue weighted by Crippen LogP contribution is 2.37. The molecule has 2 aliphatic rings. The summed E-state index contributed by atoms with van der Waals surface area (Å²) in [5.41, 5.74) is 2.60. The molecule has 1 N–H and O–H groups in total. The fourth-order valence-electron chi connectivity index (χ4n) is 5.28. The largest absolute Gasteiger partial charge is 0.487 e. The quantitative estimate of drug-likeness (QED) is 0.382. The van der Waals surface area contributed by atoms with Crippen LogP contribution in [0, 0.1) is 5.82 Å². The fraction of sp³-hybridized carbons (Fsp3) is 0.423. The Kier molecular flexibility index (Phi) is 6.10. The molecule has 11 heteroatoms. The molecule has 2 fully saturated rings. The molecule has 0 unspecified atom stereocenters.